The number of hydrogen-bond donors (Lipinski definition) is 4. The van der Waals surface area contributed by atoms with Gasteiger partial charge in [0.05, 0.1) is 19.0 Å². The van der Waals surface area contributed by atoms with E-state index in [2.05, 4.69) is 35.6 Å². The van der Waals surface area contributed by atoms with Crippen LogP contribution in [-0.4, -0.2) is 54.8 Å². The van der Waals surface area contributed by atoms with Crippen molar-refractivity contribution in [2.24, 2.45) is 5.41 Å². The van der Waals surface area contributed by atoms with Gasteiger partial charge < -0.3 is 20.7 Å². The van der Waals surface area contributed by atoms with Crippen LogP contribution in [0.5, 0.6) is 0 Å². The van der Waals surface area contributed by atoms with Gasteiger partial charge in [-0.1, -0.05) is 19.1 Å². The number of ether oxygens (including phenoxy) is 1. The Labute approximate surface area is 229 Å². The summed E-state index contributed by atoms with van der Waals surface area (Å²) in [5, 5.41) is 8.30. The Balaban J connectivity index is 1.51. The molecule has 2 aromatic heterocycles. The summed E-state index contributed by atoms with van der Waals surface area (Å²) in [6, 6.07) is 9.44. The number of aromatic nitrogens is 3. The Kier molecular flexibility index (Phi) is 8.44. The Bertz CT molecular complexity index is 1480. The van der Waals surface area contributed by atoms with Crippen LogP contribution in [-0.2, 0) is 27.5 Å². The largest absolute Gasteiger partial charge is 0.421 e. The molecule has 3 heterocycles. The molecule has 0 unspecified atom stereocenters. The zero-order valence-electron chi connectivity index (χ0n) is 21.7. The van der Waals surface area contributed by atoms with Crippen LogP contribution in [0.25, 0.3) is 0 Å². The first kappa shape index (κ1) is 29.0. The van der Waals surface area contributed by atoms with Crippen molar-refractivity contribution in [2.75, 3.05) is 40.9 Å². The Morgan fingerprint density at radius 1 is 1.12 bits per heavy atom. The molecule has 0 aliphatic carbocycles. The van der Waals surface area contributed by atoms with Gasteiger partial charge in [-0.3, -0.25) is 9.52 Å². The monoisotopic (exact) mass is 579 g/mol. The van der Waals surface area contributed by atoms with Crippen molar-refractivity contribution in [2.45, 2.75) is 26.6 Å². The number of carbonyl (C=O) groups excluding carboxylic acids is 1. The lowest BCUT2D eigenvalue weighted by atomic mass is 9.88. The van der Waals surface area contributed by atoms with Gasteiger partial charge in [0.2, 0.25) is 16.0 Å². The van der Waals surface area contributed by atoms with Gasteiger partial charge in [0.1, 0.15) is 17.2 Å². The minimum absolute atomic E-state index is 0.00765. The SMILES string of the molecule is CCS(=O)(=O)Nc1ncccc1CNc1nc(Nc2cccc(C(=O)NCC3(C)COC3)c2)ncc1C(F)(F)F. The van der Waals surface area contributed by atoms with E-state index >= 15 is 0 Å². The predicted octanol–water partition coefficient (Wildman–Crippen LogP) is 3.77. The predicted molar refractivity (Wildman–Crippen MR) is 143 cm³/mol. The molecule has 4 rings (SSSR count). The van der Waals surface area contributed by atoms with E-state index in [1.165, 1.54) is 31.3 Å². The number of nitrogens with one attached hydrogen (secondary N) is 4. The topological polar surface area (TPSA) is 147 Å². The summed E-state index contributed by atoms with van der Waals surface area (Å²) in [6.07, 6.45) is -2.76. The van der Waals surface area contributed by atoms with Crippen molar-refractivity contribution in [3.63, 3.8) is 0 Å². The molecule has 4 N–H and O–H groups in total. The van der Waals surface area contributed by atoms with E-state index in [0.717, 1.165) is 0 Å². The fourth-order valence-electron chi connectivity index (χ4n) is 3.67. The van der Waals surface area contributed by atoms with Gasteiger partial charge in [0.15, 0.2) is 0 Å². The fraction of sp³-hybridized carbons (Fsp3) is 0.360. The molecular weight excluding hydrogens is 551 g/mol. The quantitative estimate of drug-likeness (QED) is 0.267. The fourth-order valence-corrected chi connectivity index (χ4v) is 4.29. The number of hydrogen-bond acceptors (Lipinski definition) is 9. The van der Waals surface area contributed by atoms with Crippen LogP contribution >= 0.6 is 0 Å². The molecule has 214 valence electrons. The van der Waals surface area contributed by atoms with Crippen molar-refractivity contribution in [1.82, 2.24) is 20.3 Å². The Hall–Kier alpha value is -3.98. The number of alkyl halides is 3. The Morgan fingerprint density at radius 3 is 2.58 bits per heavy atom. The average Bonchev–Trinajstić information content (AvgIpc) is 2.89. The van der Waals surface area contributed by atoms with Crippen LogP contribution in [0.4, 0.5) is 36.4 Å². The van der Waals surface area contributed by atoms with Crippen molar-refractivity contribution < 1.29 is 31.1 Å². The molecule has 11 nitrogen and oxygen atoms in total. The molecule has 15 heteroatoms. The van der Waals surface area contributed by atoms with Gasteiger partial charge in [0.25, 0.3) is 5.91 Å². The standard InChI is InChI=1S/C25H28F3N7O4S/c1-3-40(37,38)35-20-17(7-5-9-29-20)11-30-21-19(25(26,27)28)12-31-23(34-21)33-18-8-4-6-16(10-18)22(36)32-13-24(2)14-39-15-24/h4-10,12H,3,11,13-15H2,1-2H3,(H,29,35)(H,32,36)(H2,30,31,33,34). The third-order valence-corrected chi connectivity index (χ3v) is 7.29. The lowest BCUT2D eigenvalue weighted by Crippen LogP contribution is -2.48. The molecular formula is C25H28F3N7O4S. The van der Waals surface area contributed by atoms with Gasteiger partial charge >= 0.3 is 6.18 Å². The van der Waals surface area contributed by atoms with Gasteiger partial charge in [-0.15, -0.1) is 0 Å². The molecule has 1 aromatic carbocycles. The summed E-state index contributed by atoms with van der Waals surface area (Å²) in [5.74, 6) is -1.19. The minimum Gasteiger partial charge on any atom is -0.380 e. The van der Waals surface area contributed by atoms with Gasteiger partial charge in [-0.25, -0.2) is 18.4 Å². The average molecular weight is 580 g/mol. The third kappa shape index (κ3) is 7.35. The maximum Gasteiger partial charge on any atom is 0.421 e. The highest BCUT2D eigenvalue weighted by Crippen LogP contribution is 2.34. The minimum atomic E-state index is -4.76. The molecule has 1 amide bonds. The molecule has 40 heavy (non-hydrogen) atoms. The van der Waals surface area contributed by atoms with Crippen molar-refractivity contribution in [1.29, 1.82) is 0 Å². The second-order valence-corrected chi connectivity index (χ2v) is 11.5. The zero-order valence-corrected chi connectivity index (χ0v) is 22.5. The summed E-state index contributed by atoms with van der Waals surface area (Å²) in [4.78, 5) is 24.4. The van der Waals surface area contributed by atoms with Crippen molar-refractivity contribution in [3.05, 3.63) is 65.5 Å². The van der Waals surface area contributed by atoms with E-state index in [1.54, 1.807) is 18.2 Å². The van der Waals surface area contributed by atoms with E-state index in [4.69, 9.17) is 4.74 Å². The normalized spacial score (nSPS) is 14.6. The van der Waals surface area contributed by atoms with E-state index in [9.17, 15) is 26.4 Å². The van der Waals surface area contributed by atoms with E-state index in [-0.39, 0.29) is 35.4 Å². The molecule has 1 aliphatic heterocycles. The lowest BCUT2D eigenvalue weighted by molar-refractivity contribution is -0.137. The number of rotatable bonds is 11. The molecule has 0 radical (unpaired) electrons. The molecule has 1 aliphatic rings. The van der Waals surface area contributed by atoms with Crippen molar-refractivity contribution in [3.8, 4) is 0 Å². The lowest BCUT2D eigenvalue weighted by Gasteiger charge is -2.38. The molecule has 0 bridgehead atoms. The highest BCUT2D eigenvalue weighted by molar-refractivity contribution is 7.92. The number of benzene rings is 1. The number of pyridine rings is 1. The first-order valence-corrected chi connectivity index (χ1v) is 13.9. The second kappa shape index (κ2) is 11.6. The third-order valence-electron chi connectivity index (χ3n) is 6.02. The second-order valence-electron chi connectivity index (χ2n) is 9.52. The van der Waals surface area contributed by atoms with E-state index in [0.29, 0.717) is 42.8 Å². The molecule has 0 spiro atoms. The van der Waals surface area contributed by atoms with Crippen LogP contribution in [0.2, 0.25) is 0 Å². The smallest absolute Gasteiger partial charge is 0.380 e. The van der Waals surface area contributed by atoms with Gasteiger partial charge in [-0.2, -0.15) is 18.2 Å². The maximum absolute atomic E-state index is 13.7. The zero-order chi connectivity index (χ0) is 29.0. The highest BCUT2D eigenvalue weighted by atomic mass is 32.2. The first-order valence-electron chi connectivity index (χ1n) is 12.2. The van der Waals surface area contributed by atoms with E-state index in [1.807, 2.05) is 6.92 Å². The number of sulfonamides is 1. The summed E-state index contributed by atoms with van der Waals surface area (Å²) < 4.78 is 72.6. The van der Waals surface area contributed by atoms with Crippen LogP contribution in [0.1, 0.15) is 35.3 Å². The molecule has 0 saturated carbocycles. The molecule has 3 aromatic rings. The number of amides is 1. The highest BCUT2D eigenvalue weighted by Gasteiger charge is 2.35. The van der Waals surface area contributed by atoms with E-state index < -0.39 is 27.6 Å². The van der Waals surface area contributed by atoms with Crippen molar-refractivity contribution >= 4 is 39.2 Å². The Morgan fingerprint density at radius 2 is 1.90 bits per heavy atom. The summed E-state index contributed by atoms with van der Waals surface area (Å²) in [5.41, 5.74) is -0.182. The molecule has 1 fully saturated rings. The first-order chi connectivity index (χ1) is 18.9. The van der Waals surface area contributed by atoms with Crippen LogP contribution in [0, 0.1) is 5.41 Å². The number of anilines is 4. The summed E-state index contributed by atoms with van der Waals surface area (Å²) in [7, 11) is -3.66. The van der Waals surface area contributed by atoms with Crippen LogP contribution in [0.15, 0.2) is 48.8 Å². The van der Waals surface area contributed by atoms with Crippen LogP contribution < -0.4 is 20.7 Å². The number of nitrogens with zero attached hydrogens (tertiary/aromatic N) is 3. The summed E-state index contributed by atoms with van der Waals surface area (Å²) in [6.45, 7) is 4.80. The molecule has 1 saturated heterocycles. The van der Waals surface area contributed by atoms with Crippen LogP contribution in [0.3, 0.4) is 0 Å². The molecule has 0 atom stereocenters. The summed E-state index contributed by atoms with van der Waals surface area (Å²) >= 11 is 0. The number of carbonyl (C=O) groups is 1. The number of halogens is 3. The maximum atomic E-state index is 13.7. The van der Waals surface area contributed by atoms with Gasteiger partial charge in [-0.05, 0) is 31.2 Å². The van der Waals surface area contributed by atoms with Gasteiger partial charge in [0, 0.05) is 47.7 Å².